The maximum Gasteiger partial charge on any atom is 0.314 e. The molecule has 0 spiro atoms. The maximum absolute atomic E-state index is 12.5. The van der Waals surface area contributed by atoms with Crippen molar-refractivity contribution in [1.82, 2.24) is 20.5 Å². The monoisotopic (exact) mass is 346 g/mol. The topological polar surface area (TPSA) is 74.3 Å². The number of pyridine rings is 1. The minimum Gasteiger partial charge on any atom is -0.341 e. The molecule has 0 aliphatic heterocycles. The number of carbonyl (C=O) groups excluding carboxylic acids is 2. The van der Waals surface area contributed by atoms with Crippen molar-refractivity contribution >= 4 is 23.5 Å². The third-order valence-corrected chi connectivity index (χ3v) is 3.85. The average Bonchev–Trinajstić information content (AvgIpc) is 2.62. The summed E-state index contributed by atoms with van der Waals surface area (Å²) in [7, 11) is 3.19. The molecule has 2 rings (SSSR count). The molecule has 0 unspecified atom stereocenters. The van der Waals surface area contributed by atoms with Crippen molar-refractivity contribution in [2.45, 2.75) is 6.04 Å². The number of nitrogens with zero attached hydrogens (tertiary/aromatic N) is 2. The lowest BCUT2D eigenvalue weighted by atomic mass is 9.99. The SMILES string of the molecule is CNC(=O)NCC(=O)N(C)[C@H](c1ccc(Cl)cc1)c1cccnc1. The summed E-state index contributed by atoms with van der Waals surface area (Å²) in [4.78, 5) is 29.4. The summed E-state index contributed by atoms with van der Waals surface area (Å²) >= 11 is 5.96. The lowest BCUT2D eigenvalue weighted by Crippen LogP contribution is -2.42. The predicted octanol–water partition coefficient (Wildman–Crippen LogP) is 2.21. The van der Waals surface area contributed by atoms with Crippen molar-refractivity contribution in [3.63, 3.8) is 0 Å². The largest absolute Gasteiger partial charge is 0.341 e. The van der Waals surface area contributed by atoms with Gasteiger partial charge in [0.05, 0.1) is 12.6 Å². The number of likely N-dealkylation sites (N-methyl/N-ethyl adjacent to an activating group) is 1. The number of urea groups is 1. The van der Waals surface area contributed by atoms with Crippen molar-refractivity contribution < 1.29 is 9.59 Å². The summed E-state index contributed by atoms with van der Waals surface area (Å²) in [5.74, 6) is -0.220. The Kier molecular flexibility index (Phi) is 6.14. The van der Waals surface area contributed by atoms with E-state index < -0.39 is 6.03 Å². The third kappa shape index (κ3) is 4.45. The van der Waals surface area contributed by atoms with E-state index in [-0.39, 0.29) is 18.5 Å². The highest BCUT2D eigenvalue weighted by atomic mass is 35.5. The summed E-state index contributed by atoms with van der Waals surface area (Å²) in [6, 6.07) is 10.3. The van der Waals surface area contributed by atoms with E-state index in [1.54, 1.807) is 36.5 Å². The van der Waals surface area contributed by atoms with E-state index in [0.29, 0.717) is 5.02 Å². The highest BCUT2D eigenvalue weighted by Gasteiger charge is 2.23. The van der Waals surface area contributed by atoms with Crippen LogP contribution in [0.4, 0.5) is 4.79 Å². The van der Waals surface area contributed by atoms with Crippen molar-refractivity contribution in [3.05, 3.63) is 64.9 Å². The van der Waals surface area contributed by atoms with Gasteiger partial charge < -0.3 is 15.5 Å². The Labute approximate surface area is 145 Å². The normalized spacial score (nSPS) is 11.5. The maximum atomic E-state index is 12.5. The Morgan fingerprint density at radius 1 is 1.21 bits per heavy atom. The standard InChI is InChI=1S/C17H19ClN4O2/c1-19-17(24)21-11-15(23)22(2)16(13-4-3-9-20-10-13)12-5-7-14(18)8-6-12/h3-10,16H,11H2,1-2H3,(H2,19,21,24)/t16-/m1/s1. The molecule has 2 aromatic rings. The Bertz CT molecular complexity index is 691. The summed E-state index contributed by atoms with van der Waals surface area (Å²) < 4.78 is 0. The van der Waals surface area contributed by atoms with Crippen LogP contribution in [0.5, 0.6) is 0 Å². The van der Waals surface area contributed by atoms with Gasteiger partial charge in [-0.1, -0.05) is 29.8 Å². The van der Waals surface area contributed by atoms with Crippen LogP contribution in [0.1, 0.15) is 17.2 Å². The fourth-order valence-corrected chi connectivity index (χ4v) is 2.46. The van der Waals surface area contributed by atoms with Gasteiger partial charge in [-0.05, 0) is 29.3 Å². The first-order valence-corrected chi connectivity index (χ1v) is 7.77. The average molecular weight is 347 g/mol. The second kappa shape index (κ2) is 8.31. The minimum atomic E-state index is -0.402. The molecule has 126 valence electrons. The fourth-order valence-electron chi connectivity index (χ4n) is 2.34. The molecule has 0 aliphatic carbocycles. The van der Waals surface area contributed by atoms with Gasteiger partial charge in [0.1, 0.15) is 0 Å². The fraction of sp³-hybridized carbons (Fsp3) is 0.235. The molecule has 2 N–H and O–H groups in total. The molecule has 1 aromatic heterocycles. The van der Waals surface area contributed by atoms with Gasteiger partial charge in [-0.2, -0.15) is 0 Å². The molecule has 3 amide bonds. The van der Waals surface area contributed by atoms with E-state index >= 15 is 0 Å². The third-order valence-electron chi connectivity index (χ3n) is 3.59. The van der Waals surface area contributed by atoms with Crippen LogP contribution in [0.15, 0.2) is 48.8 Å². The number of carbonyl (C=O) groups is 2. The molecule has 7 heteroatoms. The van der Waals surface area contributed by atoms with Crippen LogP contribution in [-0.4, -0.2) is 42.5 Å². The number of aromatic nitrogens is 1. The molecule has 24 heavy (non-hydrogen) atoms. The molecule has 0 saturated heterocycles. The number of hydrogen-bond donors (Lipinski definition) is 2. The van der Waals surface area contributed by atoms with Crippen molar-refractivity contribution in [1.29, 1.82) is 0 Å². The van der Waals surface area contributed by atoms with Crippen LogP contribution in [0, 0.1) is 0 Å². The predicted molar refractivity (Wildman–Crippen MR) is 92.8 cm³/mol. The first kappa shape index (κ1) is 17.7. The zero-order valence-corrected chi connectivity index (χ0v) is 14.2. The van der Waals surface area contributed by atoms with Gasteiger partial charge in [0.15, 0.2) is 0 Å². The smallest absolute Gasteiger partial charge is 0.314 e. The summed E-state index contributed by atoms with van der Waals surface area (Å²) in [5, 5.41) is 5.54. The number of benzene rings is 1. The molecule has 1 heterocycles. The molecule has 6 nitrogen and oxygen atoms in total. The van der Waals surface area contributed by atoms with Crippen LogP contribution < -0.4 is 10.6 Å². The van der Waals surface area contributed by atoms with E-state index in [0.717, 1.165) is 11.1 Å². The van der Waals surface area contributed by atoms with E-state index in [1.165, 1.54) is 7.05 Å². The number of halogens is 1. The first-order chi connectivity index (χ1) is 11.5. The molecule has 0 bridgehead atoms. The number of rotatable bonds is 5. The highest BCUT2D eigenvalue weighted by Crippen LogP contribution is 2.28. The number of hydrogen-bond acceptors (Lipinski definition) is 3. The molecule has 0 fully saturated rings. The van der Waals surface area contributed by atoms with E-state index in [1.807, 2.05) is 24.3 Å². The molecule has 1 atom stereocenters. The zero-order valence-electron chi connectivity index (χ0n) is 13.5. The first-order valence-electron chi connectivity index (χ1n) is 7.39. The van der Waals surface area contributed by atoms with Gasteiger partial charge in [0.25, 0.3) is 0 Å². The van der Waals surface area contributed by atoms with E-state index in [4.69, 9.17) is 11.6 Å². The van der Waals surface area contributed by atoms with Gasteiger partial charge in [-0.15, -0.1) is 0 Å². The molecular weight excluding hydrogens is 328 g/mol. The van der Waals surface area contributed by atoms with Gasteiger partial charge in [0, 0.05) is 31.5 Å². The Morgan fingerprint density at radius 3 is 2.50 bits per heavy atom. The molecule has 1 aromatic carbocycles. The van der Waals surface area contributed by atoms with E-state index in [2.05, 4.69) is 15.6 Å². The minimum absolute atomic E-state index is 0.0967. The molecule has 0 radical (unpaired) electrons. The lowest BCUT2D eigenvalue weighted by molar-refractivity contribution is -0.130. The van der Waals surface area contributed by atoms with Crippen LogP contribution in [0.3, 0.4) is 0 Å². The summed E-state index contributed by atoms with van der Waals surface area (Å²) in [6.45, 7) is -0.0967. The van der Waals surface area contributed by atoms with Crippen LogP contribution in [0.25, 0.3) is 0 Å². The molecule has 0 aliphatic rings. The highest BCUT2D eigenvalue weighted by molar-refractivity contribution is 6.30. The molecule has 0 saturated carbocycles. The van der Waals surface area contributed by atoms with Crippen molar-refractivity contribution in [2.24, 2.45) is 0 Å². The van der Waals surface area contributed by atoms with Crippen LogP contribution >= 0.6 is 11.6 Å². The Balaban J connectivity index is 2.27. The van der Waals surface area contributed by atoms with Crippen LogP contribution in [0.2, 0.25) is 5.02 Å². The van der Waals surface area contributed by atoms with Gasteiger partial charge in [0.2, 0.25) is 5.91 Å². The van der Waals surface area contributed by atoms with Crippen molar-refractivity contribution in [3.8, 4) is 0 Å². The summed E-state index contributed by atoms with van der Waals surface area (Å²) in [6.07, 6.45) is 3.40. The van der Waals surface area contributed by atoms with Gasteiger partial charge >= 0.3 is 6.03 Å². The lowest BCUT2D eigenvalue weighted by Gasteiger charge is -2.29. The van der Waals surface area contributed by atoms with Crippen LogP contribution in [-0.2, 0) is 4.79 Å². The van der Waals surface area contributed by atoms with Gasteiger partial charge in [-0.25, -0.2) is 4.79 Å². The van der Waals surface area contributed by atoms with Crippen molar-refractivity contribution in [2.75, 3.05) is 20.6 Å². The zero-order chi connectivity index (χ0) is 17.5. The molecular formula is C17H19ClN4O2. The van der Waals surface area contributed by atoms with Gasteiger partial charge in [-0.3, -0.25) is 9.78 Å². The number of nitrogens with one attached hydrogen (secondary N) is 2. The summed E-state index contributed by atoms with van der Waals surface area (Å²) in [5.41, 5.74) is 1.78. The quantitative estimate of drug-likeness (QED) is 0.871. The Morgan fingerprint density at radius 2 is 1.92 bits per heavy atom. The second-order valence-electron chi connectivity index (χ2n) is 5.18. The second-order valence-corrected chi connectivity index (χ2v) is 5.61. The Hall–Kier alpha value is -2.60. The number of amides is 3. The van der Waals surface area contributed by atoms with E-state index in [9.17, 15) is 9.59 Å².